The van der Waals surface area contributed by atoms with Crippen molar-refractivity contribution in [2.75, 3.05) is 17.9 Å². The molecule has 0 aliphatic rings. The maximum atomic E-state index is 13.2. The van der Waals surface area contributed by atoms with Crippen LogP contribution in [-0.2, 0) is 16.6 Å². The van der Waals surface area contributed by atoms with Gasteiger partial charge in [0.25, 0.3) is 15.9 Å². The fraction of sp³-hybridized carbons (Fsp3) is 0.190. The highest BCUT2D eigenvalue weighted by Gasteiger charge is 2.25. The van der Waals surface area contributed by atoms with Crippen molar-refractivity contribution in [2.45, 2.75) is 18.4 Å². The summed E-state index contributed by atoms with van der Waals surface area (Å²) in [7, 11) is -2.61. The van der Waals surface area contributed by atoms with E-state index in [4.69, 9.17) is 11.6 Å². The number of anilines is 1. The van der Waals surface area contributed by atoms with Crippen molar-refractivity contribution in [1.82, 2.24) is 4.90 Å². The monoisotopic (exact) mass is 466 g/mol. The number of carbonyl (C=O) groups is 1. The van der Waals surface area contributed by atoms with E-state index in [2.05, 4.69) is 0 Å². The maximum absolute atomic E-state index is 13.2. The second-order valence-electron chi connectivity index (χ2n) is 6.49. The fourth-order valence-electron chi connectivity index (χ4n) is 2.86. The lowest BCUT2D eigenvalue weighted by Gasteiger charge is -2.22. The van der Waals surface area contributed by atoms with Crippen LogP contribution in [0.15, 0.2) is 64.9 Å². The lowest BCUT2D eigenvalue weighted by molar-refractivity contribution is 0.0754. The average Bonchev–Trinajstić information content (AvgIpc) is 3.25. The minimum Gasteiger partial charge on any atom is -0.334 e. The molecule has 0 radical (unpaired) electrons. The lowest BCUT2D eigenvalue weighted by atomic mass is 10.2. The first-order valence-electron chi connectivity index (χ1n) is 9.09. The zero-order valence-corrected chi connectivity index (χ0v) is 18.8. The van der Waals surface area contributed by atoms with Crippen LogP contribution in [0.3, 0.4) is 0 Å². The molecule has 1 heterocycles. The zero-order chi connectivity index (χ0) is 21.9. The molecule has 0 saturated heterocycles. The number of thiophene rings is 1. The minimum absolute atomic E-state index is 0.0748. The number of nitrogens with zero attached hydrogens (tertiary/aromatic N) is 2. The van der Waals surface area contributed by atoms with Gasteiger partial charge in [0, 0.05) is 18.5 Å². The Morgan fingerprint density at radius 1 is 1.13 bits per heavy atom. The molecule has 2 aromatic carbocycles. The van der Waals surface area contributed by atoms with Gasteiger partial charge >= 0.3 is 0 Å². The van der Waals surface area contributed by atoms with E-state index in [0.717, 1.165) is 9.18 Å². The maximum Gasteiger partial charge on any atom is 0.264 e. The highest BCUT2D eigenvalue weighted by Crippen LogP contribution is 2.27. The van der Waals surface area contributed by atoms with Gasteiger partial charge < -0.3 is 4.90 Å². The number of hydrogen-bond acceptors (Lipinski definition) is 4. The number of sulfonamides is 1. The number of benzene rings is 2. The summed E-state index contributed by atoms with van der Waals surface area (Å²) in [6.07, 6.45) is 0. The Kier molecular flexibility index (Phi) is 6.80. The predicted octanol–water partition coefficient (Wildman–Crippen LogP) is 5.03. The summed E-state index contributed by atoms with van der Waals surface area (Å²) in [5.74, 6) is -0.813. The predicted molar refractivity (Wildman–Crippen MR) is 118 cm³/mol. The third-order valence-corrected chi connectivity index (χ3v) is 7.58. The highest BCUT2D eigenvalue weighted by molar-refractivity contribution is 7.92. The Hall–Kier alpha value is -2.42. The molecule has 0 aliphatic heterocycles. The number of hydrogen-bond donors (Lipinski definition) is 0. The SMILES string of the molecule is CCN(Cc1cccs1)C(=O)c1cc(S(=O)(=O)N(C)c2ccc(F)cc2)ccc1Cl. The molecular weight excluding hydrogens is 447 g/mol. The second-order valence-corrected chi connectivity index (χ2v) is 9.90. The molecule has 1 aromatic heterocycles. The Morgan fingerprint density at radius 3 is 2.43 bits per heavy atom. The summed E-state index contributed by atoms with van der Waals surface area (Å²) >= 11 is 7.78. The first-order valence-corrected chi connectivity index (χ1v) is 11.8. The van der Waals surface area contributed by atoms with E-state index in [9.17, 15) is 17.6 Å². The van der Waals surface area contributed by atoms with Crippen LogP contribution in [0, 0.1) is 5.82 Å². The topological polar surface area (TPSA) is 57.7 Å². The molecule has 158 valence electrons. The number of amides is 1. The zero-order valence-electron chi connectivity index (χ0n) is 16.4. The Labute approximate surface area is 184 Å². The van der Waals surface area contributed by atoms with Crippen molar-refractivity contribution in [3.05, 3.63) is 81.3 Å². The molecule has 30 heavy (non-hydrogen) atoms. The van der Waals surface area contributed by atoms with E-state index >= 15 is 0 Å². The largest absolute Gasteiger partial charge is 0.334 e. The molecule has 0 aliphatic carbocycles. The Balaban J connectivity index is 1.93. The van der Waals surface area contributed by atoms with Gasteiger partial charge in [0.15, 0.2) is 0 Å². The van der Waals surface area contributed by atoms with Crippen LogP contribution in [0.25, 0.3) is 0 Å². The molecule has 3 aromatic rings. The first-order chi connectivity index (χ1) is 14.2. The Bertz CT molecular complexity index is 1130. The van der Waals surface area contributed by atoms with Gasteiger partial charge in [-0.15, -0.1) is 11.3 Å². The third-order valence-electron chi connectivity index (χ3n) is 4.61. The second kappa shape index (κ2) is 9.16. The molecular formula is C21H20ClFN2O3S2. The van der Waals surface area contributed by atoms with E-state index in [-0.39, 0.29) is 21.4 Å². The van der Waals surface area contributed by atoms with Gasteiger partial charge in [-0.05, 0) is 60.8 Å². The third kappa shape index (κ3) is 4.66. The molecule has 0 saturated carbocycles. The Morgan fingerprint density at radius 2 is 1.83 bits per heavy atom. The van der Waals surface area contributed by atoms with Crippen molar-refractivity contribution >= 4 is 44.6 Å². The smallest absolute Gasteiger partial charge is 0.264 e. The average molecular weight is 467 g/mol. The van der Waals surface area contributed by atoms with Gasteiger partial charge in [0.05, 0.1) is 27.7 Å². The van der Waals surface area contributed by atoms with Crippen LogP contribution in [0.5, 0.6) is 0 Å². The summed E-state index contributed by atoms with van der Waals surface area (Å²) in [5.41, 5.74) is 0.413. The summed E-state index contributed by atoms with van der Waals surface area (Å²) in [6, 6.07) is 13.0. The van der Waals surface area contributed by atoms with Gasteiger partial charge in [0.1, 0.15) is 5.82 Å². The molecule has 1 amide bonds. The number of rotatable bonds is 7. The van der Waals surface area contributed by atoms with E-state index in [1.165, 1.54) is 60.8 Å². The standard InChI is InChI=1S/C21H20ClFN2O3S2/c1-3-25(14-17-5-4-12-29-17)21(26)19-13-18(10-11-20(19)22)30(27,28)24(2)16-8-6-15(23)7-9-16/h4-13H,3,14H2,1-2H3. The summed E-state index contributed by atoms with van der Waals surface area (Å²) in [5, 5.41) is 2.10. The molecule has 3 rings (SSSR count). The fourth-order valence-corrected chi connectivity index (χ4v) is 5.00. The molecule has 0 bridgehead atoms. The first kappa shape index (κ1) is 22.3. The highest BCUT2D eigenvalue weighted by atomic mass is 35.5. The van der Waals surface area contributed by atoms with E-state index < -0.39 is 15.8 Å². The lowest BCUT2D eigenvalue weighted by Crippen LogP contribution is -2.31. The van der Waals surface area contributed by atoms with Crippen molar-refractivity contribution < 1.29 is 17.6 Å². The normalized spacial score (nSPS) is 11.3. The van der Waals surface area contributed by atoms with Crippen molar-refractivity contribution in [3.63, 3.8) is 0 Å². The van der Waals surface area contributed by atoms with Crippen LogP contribution in [0.2, 0.25) is 5.02 Å². The van der Waals surface area contributed by atoms with Crippen LogP contribution < -0.4 is 4.31 Å². The van der Waals surface area contributed by atoms with E-state index in [0.29, 0.717) is 18.8 Å². The molecule has 0 atom stereocenters. The van der Waals surface area contributed by atoms with E-state index in [1.807, 2.05) is 24.4 Å². The van der Waals surface area contributed by atoms with Crippen LogP contribution in [0.4, 0.5) is 10.1 Å². The quantitative estimate of drug-likeness (QED) is 0.490. The van der Waals surface area contributed by atoms with Crippen molar-refractivity contribution in [1.29, 1.82) is 0 Å². The molecule has 5 nitrogen and oxygen atoms in total. The summed E-state index contributed by atoms with van der Waals surface area (Å²) in [4.78, 5) is 15.6. The van der Waals surface area contributed by atoms with Gasteiger partial charge in [-0.1, -0.05) is 17.7 Å². The minimum atomic E-state index is -3.98. The molecule has 0 N–H and O–H groups in total. The molecule has 0 unspecified atom stereocenters. The van der Waals surface area contributed by atoms with Crippen LogP contribution >= 0.6 is 22.9 Å². The molecule has 9 heteroatoms. The molecule has 0 spiro atoms. The van der Waals surface area contributed by atoms with Gasteiger partial charge in [-0.3, -0.25) is 9.10 Å². The number of carbonyl (C=O) groups excluding carboxylic acids is 1. The summed E-state index contributed by atoms with van der Waals surface area (Å²) in [6.45, 7) is 2.71. The van der Waals surface area contributed by atoms with Crippen molar-refractivity contribution in [3.8, 4) is 0 Å². The van der Waals surface area contributed by atoms with Gasteiger partial charge in [0.2, 0.25) is 0 Å². The van der Waals surface area contributed by atoms with Crippen LogP contribution in [-0.4, -0.2) is 32.8 Å². The summed E-state index contributed by atoms with van der Waals surface area (Å²) < 4.78 is 40.3. The van der Waals surface area contributed by atoms with Gasteiger partial charge in [-0.2, -0.15) is 0 Å². The van der Waals surface area contributed by atoms with Crippen molar-refractivity contribution in [2.24, 2.45) is 0 Å². The van der Waals surface area contributed by atoms with E-state index in [1.54, 1.807) is 4.90 Å². The van der Waals surface area contributed by atoms with Gasteiger partial charge in [-0.25, -0.2) is 12.8 Å². The van der Waals surface area contributed by atoms with Crippen LogP contribution in [0.1, 0.15) is 22.2 Å². The molecule has 0 fully saturated rings. The number of halogens is 2.